The SMILES string of the molecule is Cc1ccn2c(=O)c(C(=O)N3CCCC3Cc3ccccc3)cnc2c1. The van der Waals surface area contributed by atoms with Gasteiger partial charge in [0.05, 0.1) is 0 Å². The molecule has 5 heteroatoms. The normalized spacial score (nSPS) is 17.0. The highest BCUT2D eigenvalue weighted by molar-refractivity contribution is 5.94. The van der Waals surface area contributed by atoms with E-state index in [0.717, 1.165) is 24.8 Å². The zero-order valence-corrected chi connectivity index (χ0v) is 14.8. The summed E-state index contributed by atoms with van der Waals surface area (Å²) in [4.78, 5) is 32.0. The highest BCUT2D eigenvalue weighted by atomic mass is 16.2. The third-order valence-corrected chi connectivity index (χ3v) is 5.05. The van der Waals surface area contributed by atoms with Crippen molar-refractivity contribution in [3.05, 3.63) is 81.9 Å². The van der Waals surface area contributed by atoms with Crippen molar-refractivity contribution in [2.45, 2.75) is 32.2 Å². The average molecular weight is 347 g/mol. The monoisotopic (exact) mass is 347 g/mol. The van der Waals surface area contributed by atoms with Crippen molar-refractivity contribution in [2.24, 2.45) is 0 Å². The van der Waals surface area contributed by atoms with Gasteiger partial charge in [-0.2, -0.15) is 0 Å². The lowest BCUT2D eigenvalue weighted by atomic mass is 10.0. The maximum absolute atomic E-state index is 13.1. The van der Waals surface area contributed by atoms with E-state index in [2.05, 4.69) is 17.1 Å². The topological polar surface area (TPSA) is 54.7 Å². The summed E-state index contributed by atoms with van der Waals surface area (Å²) in [5.74, 6) is -0.212. The Kier molecular flexibility index (Phi) is 4.29. The molecule has 3 heterocycles. The number of hydrogen-bond donors (Lipinski definition) is 0. The number of benzene rings is 1. The van der Waals surface area contributed by atoms with Crippen molar-refractivity contribution in [1.82, 2.24) is 14.3 Å². The number of hydrogen-bond acceptors (Lipinski definition) is 3. The summed E-state index contributed by atoms with van der Waals surface area (Å²) in [6, 6.07) is 14.0. The first-order valence-corrected chi connectivity index (χ1v) is 8.96. The minimum atomic E-state index is -0.301. The summed E-state index contributed by atoms with van der Waals surface area (Å²) >= 11 is 0. The van der Waals surface area contributed by atoms with E-state index in [0.29, 0.717) is 12.2 Å². The lowest BCUT2D eigenvalue weighted by molar-refractivity contribution is 0.0734. The largest absolute Gasteiger partial charge is 0.335 e. The van der Waals surface area contributed by atoms with Gasteiger partial charge >= 0.3 is 0 Å². The van der Waals surface area contributed by atoms with Crippen molar-refractivity contribution in [3.8, 4) is 0 Å². The summed E-state index contributed by atoms with van der Waals surface area (Å²) in [6.07, 6.45) is 5.85. The van der Waals surface area contributed by atoms with Crippen molar-refractivity contribution in [3.63, 3.8) is 0 Å². The molecule has 132 valence electrons. The van der Waals surface area contributed by atoms with Crippen LogP contribution in [0.25, 0.3) is 5.65 Å². The van der Waals surface area contributed by atoms with Crippen LogP contribution in [0.3, 0.4) is 0 Å². The number of rotatable bonds is 3. The fourth-order valence-electron chi connectivity index (χ4n) is 3.68. The number of pyridine rings is 1. The van der Waals surface area contributed by atoms with Gasteiger partial charge in [-0.3, -0.25) is 14.0 Å². The Bertz CT molecular complexity index is 1010. The summed E-state index contributed by atoms with van der Waals surface area (Å²) < 4.78 is 1.45. The minimum absolute atomic E-state index is 0.128. The van der Waals surface area contributed by atoms with Gasteiger partial charge in [-0.1, -0.05) is 30.3 Å². The Balaban J connectivity index is 1.64. The molecule has 1 amide bonds. The van der Waals surface area contributed by atoms with E-state index in [-0.39, 0.29) is 23.1 Å². The van der Waals surface area contributed by atoms with Crippen LogP contribution in [0, 0.1) is 6.92 Å². The highest BCUT2D eigenvalue weighted by Gasteiger charge is 2.31. The van der Waals surface area contributed by atoms with Crippen LogP contribution in [-0.2, 0) is 6.42 Å². The molecule has 1 atom stereocenters. The lowest BCUT2D eigenvalue weighted by Crippen LogP contribution is -2.40. The molecule has 0 saturated carbocycles. The number of nitrogens with zero attached hydrogens (tertiary/aromatic N) is 3. The summed E-state index contributed by atoms with van der Waals surface area (Å²) in [6.45, 7) is 2.63. The number of aromatic nitrogens is 2. The predicted octanol–water partition coefficient (Wildman–Crippen LogP) is 2.85. The van der Waals surface area contributed by atoms with Gasteiger partial charge in [0.1, 0.15) is 11.2 Å². The molecule has 0 bridgehead atoms. The Morgan fingerprint density at radius 1 is 1.23 bits per heavy atom. The van der Waals surface area contributed by atoms with Gasteiger partial charge in [0.25, 0.3) is 11.5 Å². The molecule has 0 aliphatic carbocycles. The molecule has 1 saturated heterocycles. The Morgan fingerprint density at radius 2 is 2.04 bits per heavy atom. The maximum atomic E-state index is 13.1. The fraction of sp³-hybridized carbons (Fsp3) is 0.286. The van der Waals surface area contributed by atoms with E-state index in [1.165, 1.54) is 16.2 Å². The van der Waals surface area contributed by atoms with E-state index in [1.807, 2.05) is 42.2 Å². The Hall–Kier alpha value is -2.95. The standard InChI is InChI=1S/C21H21N3O2/c1-15-9-11-24-19(12-15)22-14-18(21(24)26)20(25)23-10-5-8-17(23)13-16-6-3-2-4-7-16/h2-4,6-7,9,11-12,14,17H,5,8,10,13H2,1H3. The molecule has 1 fully saturated rings. The molecule has 5 nitrogen and oxygen atoms in total. The van der Waals surface area contributed by atoms with Gasteiger partial charge in [0, 0.05) is 25.0 Å². The van der Waals surface area contributed by atoms with Crippen LogP contribution in [0.2, 0.25) is 0 Å². The van der Waals surface area contributed by atoms with E-state index < -0.39 is 0 Å². The smallest absolute Gasteiger partial charge is 0.270 e. The van der Waals surface area contributed by atoms with Gasteiger partial charge in [0.15, 0.2) is 0 Å². The van der Waals surface area contributed by atoms with Crippen LogP contribution in [0.4, 0.5) is 0 Å². The minimum Gasteiger partial charge on any atom is -0.335 e. The van der Waals surface area contributed by atoms with E-state index in [1.54, 1.807) is 6.20 Å². The number of likely N-dealkylation sites (tertiary alicyclic amines) is 1. The molecule has 0 N–H and O–H groups in total. The molecule has 1 aromatic carbocycles. The number of carbonyl (C=O) groups is 1. The molecule has 1 aliphatic rings. The van der Waals surface area contributed by atoms with Crippen molar-refractivity contribution in [1.29, 1.82) is 0 Å². The molecule has 0 radical (unpaired) electrons. The first-order valence-electron chi connectivity index (χ1n) is 8.96. The molecule has 1 aliphatic heterocycles. The van der Waals surface area contributed by atoms with Crippen LogP contribution < -0.4 is 5.56 Å². The fourth-order valence-corrected chi connectivity index (χ4v) is 3.68. The Morgan fingerprint density at radius 3 is 2.85 bits per heavy atom. The molecule has 0 spiro atoms. The third-order valence-electron chi connectivity index (χ3n) is 5.05. The van der Waals surface area contributed by atoms with Crippen molar-refractivity contribution >= 4 is 11.6 Å². The van der Waals surface area contributed by atoms with E-state index >= 15 is 0 Å². The molecule has 3 aromatic rings. The van der Waals surface area contributed by atoms with E-state index in [9.17, 15) is 9.59 Å². The molecular weight excluding hydrogens is 326 g/mol. The molecule has 1 unspecified atom stereocenters. The highest BCUT2D eigenvalue weighted by Crippen LogP contribution is 2.22. The quantitative estimate of drug-likeness (QED) is 0.732. The van der Waals surface area contributed by atoms with E-state index in [4.69, 9.17) is 0 Å². The second-order valence-corrected chi connectivity index (χ2v) is 6.89. The van der Waals surface area contributed by atoms with Crippen LogP contribution in [0.5, 0.6) is 0 Å². The average Bonchev–Trinajstić information content (AvgIpc) is 3.10. The number of carbonyl (C=O) groups excluding carboxylic acids is 1. The molecule has 2 aromatic heterocycles. The van der Waals surface area contributed by atoms with Crippen LogP contribution in [-0.4, -0.2) is 32.8 Å². The maximum Gasteiger partial charge on any atom is 0.270 e. The third kappa shape index (κ3) is 3.01. The first kappa shape index (κ1) is 16.5. The van der Waals surface area contributed by atoms with Crippen LogP contribution in [0.15, 0.2) is 59.7 Å². The first-order chi connectivity index (χ1) is 12.6. The van der Waals surface area contributed by atoms with Crippen molar-refractivity contribution < 1.29 is 4.79 Å². The predicted molar refractivity (Wildman–Crippen MR) is 100 cm³/mol. The Labute approximate surface area is 151 Å². The molecule has 4 rings (SSSR count). The van der Waals surface area contributed by atoms with Crippen molar-refractivity contribution in [2.75, 3.05) is 6.54 Å². The van der Waals surface area contributed by atoms with Gasteiger partial charge in [0.2, 0.25) is 0 Å². The second kappa shape index (κ2) is 6.75. The number of aryl methyl sites for hydroxylation is 1. The summed E-state index contributed by atoms with van der Waals surface area (Å²) in [5, 5.41) is 0. The molecule has 26 heavy (non-hydrogen) atoms. The van der Waals surface area contributed by atoms with Gasteiger partial charge in [-0.05, 0) is 49.4 Å². The van der Waals surface area contributed by atoms with Gasteiger partial charge < -0.3 is 4.90 Å². The van der Waals surface area contributed by atoms with Crippen LogP contribution in [0.1, 0.15) is 34.3 Å². The number of amides is 1. The number of fused-ring (bicyclic) bond motifs is 1. The lowest BCUT2D eigenvalue weighted by Gasteiger charge is -2.24. The zero-order valence-electron chi connectivity index (χ0n) is 14.8. The molecular formula is C21H21N3O2. The van der Waals surface area contributed by atoms with Gasteiger partial charge in [-0.25, -0.2) is 4.98 Å². The zero-order chi connectivity index (χ0) is 18.1. The van der Waals surface area contributed by atoms with Gasteiger partial charge in [-0.15, -0.1) is 0 Å². The summed E-state index contributed by atoms with van der Waals surface area (Å²) in [7, 11) is 0. The van der Waals surface area contributed by atoms with Crippen LogP contribution >= 0.6 is 0 Å². The second-order valence-electron chi connectivity index (χ2n) is 6.89. The summed E-state index contributed by atoms with van der Waals surface area (Å²) in [5.41, 5.74) is 2.64.